The van der Waals surface area contributed by atoms with Crippen LogP contribution in [0.4, 0.5) is 5.82 Å². The van der Waals surface area contributed by atoms with Gasteiger partial charge in [0.15, 0.2) is 0 Å². The van der Waals surface area contributed by atoms with Crippen molar-refractivity contribution in [1.29, 1.82) is 0 Å². The average Bonchev–Trinajstić information content (AvgIpc) is 3.02. The van der Waals surface area contributed by atoms with E-state index < -0.39 is 0 Å². The number of hydrogen-bond donors (Lipinski definition) is 0. The highest BCUT2D eigenvalue weighted by atomic mass is 32.1. The molecule has 2 aliphatic rings. The summed E-state index contributed by atoms with van der Waals surface area (Å²) in [6, 6.07) is 2.77. The number of hydrogen-bond acceptors (Lipinski definition) is 5. The van der Waals surface area contributed by atoms with Gasteiger partial charge in [0.1, 0.15) is 12.1 Å². The van der Waals surface area contributed by atoms with E-state index in [0.29, 0.717) is 6.04 Å². The molecule has 2 aromatic rings. The zero-order chi connectivity index (χ0) is 15.1. The molecule has 0 saturated heterocycles. The number of likely N-dealkylation sites (N-methyl/N-ethyl adjacent to an activating group) is 1. The van der Waals surface area contributed by atoms with Crippen molar-refractivity contribution in [1.82, 2.24) is 14.9 Å². The van der Waals surface area contributed by atoms with Crippen LogP contribution in [0.25, 0.3) is 0 Å². The smallest absolute Gasteiger partial charge is 0.137 e. The molecule has 4 rings (SSSR count). The molecule has 1 unspecified atom stereocenters. The summed E-state index contributed by atoms with van der Waals surface area (Å²) in [5.41, 5.74) is 4.10. The normalized spacial score (nSPS) is 21.5. The molecule has 0 aromatic carbocycles. The van der Waals surface area contributed by atoms with Crippen LogP contribution in [0.2, 0.25) is 0 Å². The Morgan fingerprint density at radius 2 is 2.18 bits per heavy atom. The van der Waals surface area contributed by atoms with Gasteiger partial charge in [-0.1, -0.05) is 6.92 Å². The Labute approximate surface area is 135 Å². The Hall–Kier alpha value is -1.46. The van der Waals surface area contributed by atoms with Gasteiger partial charge in [-0.2, -0.15) is 0 Å². The maximum absolute atomic E-state index is 4.70. The van der Waals surface area contributed by atoms with E-state index in [0.717, 1.165) is 38.9 Å². The van der Waals surface area contributed by atoms with Gasteiger partial charge in [0.25, 0.3) is 0 Å². The molecule has 0 fully saturated rings. The summed E-state index contributed by atoms with van der Waals surface area (Å²) in [7, 11) is 2.18. The Balaban J connectivity index is 1.76. The van der Waals surface area contributed by atoms with Gasteiger partial charge in [-0.05, 0) is 36.9 Å². The molecule has 0 amide bonds. The van der Waals surface area contributed by atoms with Crippen molar-refractivity contribution in [2.24, 2.45) is 0 Å². The van der Waals surface area contributed by atoms with Crippen LogP contribution in [0.5, 0.6) is 0 Å². The number of rotatable bonds is 2. The van der Waals surface area contributed by atoms with Crippen LogP contribution in [0, 0.1) is 0 Å². The van der Waals surface area contributed by atoms with Crippen molar-refractivity contribution in [3.63, 3.8) is 0 Å². The lowest BCUT2D eigenvalue weighted by Crippen LogP contribution is -2.37. The van der Waals surface area contributed by atoms with Crippen molar-refractivity contribution >= 4 is 17.2 Å². The van der Waals surface area contributed by atoms with Crippen molar-refractivity contribution in [3.05, 3.63) is 39.5 Å². The maximum atomic E-state index is 4.70. The summed E-state index contributed by atoms with van der Waals surface area (Å²) in [6.07, 6.45) is 5.06. The zero-order valence-corrected chi connectivity index (χ0v) is 14.1. The van der Waals surface area contributed by atoms with E-state index in [2.05, 4.69) is 40.2 Å². The van der Waals surface area contributed by atoms with Crippen molar-refractivity contribution in [2.45, 2.75) is 38.8 Å². The number of fused-ring (bicyclic) bond motifs is 2. The largest absolute Gasteiger partial charge is 0.349 e. The highest BCUT2D eigenvalue weighted by Crippen LogP contribution is 2.39. The van der Waals surface area contributed by atoms with Crippen molar-refractivity contribution < 1.29 is 0 Å². The molecule has 2 aromatic heterocycles. The second kappa shape index (κ2) is 5.63. The molecule has 5 heteroatoms. The van der Waals surface area contributed by atoms with E-state index in [1.54, 1.807) is 11.2 Å². The molecule has 1 atom stereocenters. The van der Waals surface area contributed by atoms with Crippen LogP contribution in [0.1, 0.15) is 41.1 Å². The summed E-state index contributed by atoms with van der Waals surface area (Å²) in [5, 5.41) is 2.24. The molecule has 4 nitrogen and oxygen atoms in total. The van der Waals surface area contributed by atoms with Crippen LogP contribution >= 0.6 is 11.3 Å². The number of aromatic nitrogens is 2. The van der Waals surface area contributed by atoms with Gasteiger partial charge < -0.3 is 9.80 Å². The maximum Gasteiger partial charge on any atom is 0.137 e. The highest BCUT2D eigenvalue weighted by molar-refractivity contribution is 7.10. The molecule has 0 N–H and O–H groups in total. The summed E-state index contributed by atoms with van der Waals surface area (Å²) in [4.78, 5) is 15.7. The molecule has 0 spiro atoms. The third-order valence-corrected chi connectivity index (χ3v) is 5.92. The zero-order valence-electron chi connectivity index (χ0n) is 13.2. The fourth-order valence-electron chi connectivity index (χ4n) is 3.80. The third-order valence-electron chi connectivity index (χ3n) is 4.92. The minimum absolute atomic E-state index is 0.459. The standard InChI is InChI=1S/C17H22N4S/c1-3-15-12-6-9-22-16(12)5-8-21(15)17-13-10-20(2)7-4-14(13)18-11-19-17/h6,9,11,15H,3-5,7-8,10H2,1-2H3. The lowest BCUT2D eigenvalue weighted by molar-refractivity contribution is 0.308. The van der Waals surface area contributed by atoms with Gasteiger partial charge in [-0.3, -0.25) is 0 Å². The van der Waals surface area contributed by atoms with Crippen LogP contribution < -0.4 is 4.90 Å². The second-order valence-electron chi connectivity index (χ2n) is 6.28. The number of nitrogens with zero attached hydrogens (tertiary/aromatic N) is 4. The van der Waals surface area contributed by atoms with Gasteiger partial charge in [0, 0.05) is 36.5 Å². The molecule has 0 aliphatic carbocycles. The van der Waals surface area contributed by atoms with E-state index in [1.807, 2.05) is 11.3 Å². The Bertz CT molecular complexity index is 681. The van der Waals surface area contributed by atoms with E-state index in [9.17, 15) is 0 Å². The predicted molar refractivity (Wildman–Crippen MR) is 90.5 cm³/mol. The quantitative estimate of drug-likeness (QED) is 0.853. The van der Waals surface area contributed by atoms with Crippen molar-refractivity contribution in [2.75, 3.05) is 25.0 Å². The van der Waals surface area contributed by atoms with E-state index in [4.69, 9.17) is 4.98 Å². The van der Waals surface area contributed by atoms with Gasteiger partial charge >= 0.3 is 0 Å². The first-order valence-electron chi connectivity index (χ1n) is 8.12. The van der Waals surface area contributed by atoms with E-state index in [-0.39, 0.29) is 0 Å². The third kappa shape index (κ3) is 2.23. The number of thiophene rings is 1. The van der Waals surface area contributed by atoms with Crippen LogP contribution in [0.3, 0.4) is 0 Å². The van der Waals surface area contributed by atoms with E-state index in [1.165, 1.54) is 22.6 Å². The van der Waals surface area contributed by atoms with Gasteiger partial charge in [-0.25, -0.2) is 9.97 Å². The first-order valence-corrected chi connectivity index (χ1v) is 9.00. The lowest BCUT2D eigenvalue weighted by Gasteiger charge is -2.38. The van der Waals surface area contributed by atoms with Gasteiger partial charge in [0.05, 0.1) is 11.7 Å². The molecular formula is C17H22N4S. The number of anilines is 1. The monoisotopic (exact) mass is 314 g/mol. The summed E-state index contributed by atoms with van der Waals surface area (Å²) in [6.45, 7) is 5.41. The minimum atomic E-state index is 0.459. The van der Waals surface area contributed by atoms with Crippen LogP contribution in [-0.4, -0.2) is 35.0 Å². The minimum Gasteiger partial charge on any atom is -0.349 e. The van der Waals surface area contributed by atoms with Crippen LogP contribution in [-0.2, 0) is 19.4 Å². The first kappa shape index (κ1) is 14.2. The van der Waals surface area contributed by atoms with Gasteiger partial charge in [-0.15, -0.1) is 11.3 Å². The molecule has 0 bridgehead atoms. The topological polar surface area (TPSA) is 32.3 Å². The molecule has 0 saturated carbocycles. The molecule has 116 valence electrons. The summed E-state index contributed by atoms with van der Waals surface area (Å²) >= 11 is 1.90. The Kier molecular flexibility index (Phi) is 3.62. The average molecular weight is 314 g/mol. The fourth-order valence-corrected chi connectivity index (χ4v) is 4.73. The summed E-state index contributed by atoms with van der Waals surface area (Å²) in [5.74, 6) is 1.17. The van der Waals surface area contributed by atoms with Crippen LogP contribution in [0.15, 0.2) is 17.8 Å². The Morgan fingerprint density at radius 3 is 3.05 bits per heavy atom. The molecule has 4 heterocycles. The molecule has 2 aliphatic heterocycles. The van der Waals surface area contributed by atoms with E-state index >= 15 is 0 Å². The highest BCUT2D eigenvalue weighted by Gasteiger charge is 2.31. The summed E-state index contributed by atoms with van der Waals surface area (Å²) < 4.78 is 0. The molecular weight excluding hydrogens is 292 g/mol. The lowest BCUT2D eigenvalue weighted by atomic mass is 9.96. The van der Waals surface area contributed by atoms with Crippen molar-refractivity contribution in [3.8, 4) is 0 Å². The second-order valence-corrected chi connectivity index (χ2v) is 7.28. The molecule has 0 radical (unpaired) electrons. The SMILES string of the molecule is CCC1c2ccsc2CCN1c1ncnc2c1CN(C)CC2. The Morgan fingerprint density at radius 1 is 1.27 bits per heavy atom. The predicted octanol–water partition coefficient (Wildman–Crippen LogP) is 3.04. The molecule has 22 heavy (non-hydrogen) atoms. The first-order chi connectivity index (χ1) is 10.8. The fraction of sp³-hybridized carbons (Fsp3) is 0.529. The van der Waals surface area contributed by atoms with Gasteiger partial charge in [0.2, 0.25) is 0 Å².